The molecule has 8 heteroatoms. The minimum atomic E-state index is -0.866. The van der Waals surface area contributed by atoms with Gasteiger partial charge in [-0.25, -0.2) is 0 Å². The predicted molar refractivity (Wildman–Crippen MR) is 66.6 cm³/mol. The number of H-pyrrole nitrogens is 1. The van der Waals surface area contributed by atoms with Gasteiger partial charge in [-0.15, -0.1) is 10.2 Å². The Kier molecular flexibility index (Phi) is 2.90. The maximum atomic E-state index is 12.2. The lowest BCUT2D eigenvalue weighted by molar-refractivity contribution is -0.146. The Morgan fingerprint density at radius 2 is 2.15 bits per heavy atom. The Labute approximate surface area is 113 Å². The standard InChI is InChI=1S/C12H11N5O3/c18-11(17-5-9(6-17)12(19)20)8-3-1-2-7(4-8)10-13-15-16-14-10/h1-4,9H,5-6H2,(H,19,20)(H,13,14,15,16). The van der Waals surface area contributed by atoms with Crippen LogP contribution in [-0.4, -0.2) is 55.6 Å². The lowest BCUT2D eigenvalue weighted by Crippen LogP contribution is -2.53. The molecule has 0 spiro atoms. The fraction of sp³-hybridized carbons (Fsp3) is 0.250. The topological polar surface area (TPSA) is 112 Å². The molecule has 1 aliphatic rings. The average Bonchev–Trinajstić information content (AvgIpc) is 2.90. The van der Waals surface area contributed by atoms with Crippen LogP contribution in [-0.2, 0) is 4.79 Å². The average molecular weight is 273 g/mol. The van der Waals surface area contributed by atoms with Gasteiger partial charge in [-0.1, -0.05) is 12.1 Å². The lowest BCUT2D eigenvalue weighted by Gasteiger charge is -2.36. The molecule has 0 saturated carbocycles. The summed E-state index contributed by atoms with van der Waals surface area (Å²) in [6, 6.07) is 6.85. The van der Waals surface area contributed by atoms with Gasteiger partial charge in [0.2, 0.25) is 5.82 Å². The molecule has 0 unspecified atom stereocenters. The van der Waals surface area contributed by atoms with E-state index in [2.05, 4.69) is 20.6 Å². The highest BCUT2D eigenvalue weighted by atomic mass is 16.4. The van der Waals surface area contributed by atoms with Crippen LogP contribution in [0.5, 0.6) is 0 Å². The van der Waals surface area contributed by atoms with Crippen LogP contribution in [0.2, 0.25) is 0 Å². The van der Waals surface area contributed by atoms with Crippen molar-refractivity contribution in [1.29, 1.82) is 0 Å². The molecule has 1 aromatic heterocycles. The van der Waals surface area contributed by atoms with Crippen molar-refractivity contribution in [2.45, 2.75) is 0 Å². The van der Waals surface area contributed by atoms with Gasteiger partial charge in [-0.2, -0.15) is 5.21 Å². The number of hydrogen-bond donors (Lipinski definition) is 2. The molecule has 20 heavy (non-hydrogen) atoms. The van der Waals surface area contributed by atoms with Gasteiger partial charge in [-0.05, 0) is 17.3 Å². The quantitative estimate of drug-likeness (QED) is 0.815. The molecular weight excluding hydrogens is 262 g/mol. The summed E-state index contributed by atoms with van der Waals surface area (Å²) >= 11 is 0. The Morgan fingerprint density at radius 1 is 1.35 bits per heavy atom. The molecule has 0 atom stereocenters. The number of tetrazole rings is 1. The summed E-state index contributed by atoms with van der Waals surface area (Å²) in [5.74, 6) is -1.10. The van der Waals surface area contributed by atoms with Gasteiger partial charge < -0.3 is 10.0 Å². The van der Waals surface area contributed by atoms with E-state index in [9.17, 15) is 9.59 Å². The number of aromatic nitrogens is 4. The van der Waals surface area contributed by atoms with Crippen molar-refractivity contribution in [3.05, 3.63) is 29.8 Å². The maximum absolute atomic E-state index is 12.2. The lowest BCUT2D eigenvalue weighted by atomic mass is 9.98. The smallest absolute Gasteiger partial charge is 0.310 e. The fourth-order valence-electron chi connectivity index (χ4n) is 2.06. The van der Waals surface area contributed by atoms with E-state index in [1.54, 1.807) is 24.3 Å². The zero-order chi connectivity index (χ0) is 14.1. The third-order valence-corrected chi connectivity index (χ3v) is 3.23. The number of carboxylic acids is 1. The molecule has 0 bridgehead atoms. The van der Waals surface area contributed by atoms with Gasteiger partial charge in [0.05, 0.1) is 5.92 Å². The summed E-state index contributed by atoms with van der Waals surface area (Å²) in [5, 5.41) is 22.3. The number of aliphatic carboxylic acids is 1. The van der Waals surface area contributed by atoms with Gasteiger partial charge in [0, 0.05) is 24.2 Å². The van der Waals surface area contributed by atoms with Gasteiger partial charge in [-0.3, -0.25) is 9.59 Å². The van der Waals surface area contributed by atoms with Crippen LogP contribution in [0.3, 0.4) is 0 Å². The summed E-state index contributed by atoms with van der Waals surface area (Å²) in [6.07, 6.45) is 0. The van der Waals surface area contributed by atoms with Crippen molar-refractivity contribution in [3.63, 3.8) is 0 Å². The first-order chi connectivity index (χ1) is 9.65. The Hall–Kier alpha value is -2.77. The summed E-state index contributed by atoms with van der Waals surface area (Å²) in [7, 11) is 0. The van der Waals surface area contributed by atoms with Crippen LogP contribution in [0.25, 0.3) is 11.4 Å². The Bertz CT molecular complexity index is 649. The van der Waals surface area contributed by atoms with Crippen LogP contribution in [0, 0.1) is 5.92 Å². The summed E-state index contributed by atoms with van der Waals surface area (Å²) in [5.41, 5.74) is 1.16. The molecule has 0 aliphatic carbocycles. The molecule has 2 heterocycles. The molecular formula is C12H11N5O3. The van der Waals surface area contributed by atoms with Gasteiger partial charge >= 0.3 is 5.97 Å². The van der Waals surface area contributed by atoms with Gasteiger partial charge in [0.25, 0.3) is 5.91 Å². The van der Waals surface area contributed by atoms with E-state index >= 15 is 0 Å². The van der Waals surface area contributed by atoms with Crippen molar-refractivity contribution < 1.29 is 14.7 Å². The summed E-state index contributed by atoms with van der Waals surface area (Å²) in [6.45, 7) is 0.501. The highest BCUT2D eigenvalue weighted by molar-refractivity contribution is 5.96. The molecule has 3 rings (SSSR count). The number of aromatic amines is 1. The first-order valence-corrected chi connectivity index (χ1v) is 6.01. The molecule has 1 aromatic carbocycles. The van der Waals surface area contributed by atoms with Crippen molar-refractivity contribution in [3.8, 4) is 11.4 Å². The summed E-state index contributed by atoms with van der Waals surface area (Å²) in [4.78, 5) is 24.4. The van der Waals surface area contributed by atoms with E-state index in [4.69, 9.17) is 5.11 Å². The monoisotopic (exact) mass is 273 g/mol. The van der Waals surface area contributed by atoms with Crippen LogP contribution in [0.15, 0.2) is 24.3 Å². The zero-order valence-corrected chi connectivity index (χ0v) is 10.4. The van der Waals surface area contributed by atoms with Crippen molar-refractivity contribution in [2.75, 3.05) is 13.1 Å². The number of nitrogens with one attached hydrogen (secondary N) is 1. The molecule has 1 amide bonds. The molecule has 2 aromatic rings. The first kappa shape index (κ1) is 12.3. The van der Waals surface area contributed by atoms with Crippen molar-refractivity contribution >= 4 is 11.9 Å². The van der Waals surface area contributed by atoms with E-state index in [1.165, 1.54) is 4.90 Å². The van der Waals surface area contributed by atoms with Crippen molar-refractivity contribution in [2.24, 2.45) is 5.92 Å². The SMILES string of the molecule is O=C(O)C1CN(C(=O)c2cccc(-c3nn[nH]n3)c2)C1. The van der Waals surface area contributed by atoms with Crippen LogP contribution < -0.4 is 0 Å². The zero-order valence-electron chi connectivity index (χ0n) is 10.4. The highest BCUT2D eigenvalue weighted by Gasteiger charge is 2.35. The molecule has 1 saturated heterocycles. The molecule has 2 N–H and O–H groups in total. The van der Waals surface area contributed by atoms with E-state index in [0.717, 1.165) is 0 Å². The number of likely N-dealkylation sites (tertiary alicyclic amines) is 1. The normalized spacial score (nSPS) is 14.9. The van der Waals surface area contributed by atoms with Crippen LogP contribution >= 0.6 is 0 Å². The first-order valence-electron chi connectivity index (χ1n) is 6.01. The number of carbonyl (C=O) groups excluding carboxylic acids is 1. The number of carbonyl (C=O) groups is 2. The van der Waals surface area contributed by atoms with Crippen LogP contribution in [0.4, 0.5) is 0 Å². The van der Waals surface area contributed by atoms with Gasteiger partial charge in [0.1, 0.15) is 0 Å². The van der Waals surface area contributed by atoms with Crippen molar-refractivity contribution in [1.82, 2.24) is 25.5 Å². The maximum Gasteiger partial charge on any atom is 0.310 e. The molecule has 0 radical (unpaired) electrons. The van der Waals surface area contributed by atoms with E-state index in [0.29, 0.717) is 17.0 Å². The number of amides is 1. The fourth-order valence-corrected chi connectivity index (χ4v) is 2.06. The second-order valence-corrected chi connectivity index (χ2v) is 4.56. The van der Waals surface area contributed by atoms with Gasteiger partial charge in [0.15, 0.2) is 0 Å². The highest BCUT2D eigenvalue weighted by Crippen LogP contribution is 2.21. The molecule has 102 valence electrons. The van der Waals surface area contributed by atoms with E-state index in [1.807, 2.05) is 0 Å². The number of nitrogens with zero attached hydrogens (tertiary/aromatic N) is 4. The van der Waals surface area contributed by atoms with Crippen LogP contribution in [0.1, 0.15) is 10.4 Å². The summed E-state index contributed by atoms with van der Waals surface area (Å²) < 4.78 is 0. The predicted octanol–water partition coefficient (Wildman–Crippen LogP) is 0.0233. The van der Waals surface area contributed by atoms with E-state index < -0.39 is 11.9 Å². The largest absolute Gasteiger partial charge is 0.481 e. The third kappa shape index (κ3) is 2.11. The third-order valence-electron chi connectivity index (χ3n) is 3.23. The number of benzene rings is 1. The molecule has 1 fully saturated rings. The molecule has 1 aliphatic heterocycles. The Balaban J connectivity index is 1.76. The molecule has 8 nitrogen and oxygen atoms in total. The Morgan fingerprint density at radius 3 is 2.80 bits per heavy atom. The number of rotatable bonds is 3. The number of carboxylic acid groups (broad SMARTS) is 1. The minimum absolute atomic E-state index is 0.187. The second-order valence-electron chi connectivity index (χ2n) is 4.56. The second kappa shape index (κ2) is 4.72. The number of hydrogen-bond acceptors (Lipinski definition) is 5. The van der Waals surface area contributed by atoms with E-state index in [-0.39, 0.29) is 19.0 Å². The minimum Gasteiger partial charge on any atom is -0.481 e.